The highest BCUT2D eigenvalue weighted by molar-refractivity contribution is 9.10. The highest BCUT2D eigenvalue weighted by Crippen LogP contribution is 2.36. The molecular formula is C66H79BrN6O20S2. The molecule has 0 radical (unpaired) electrons. The molecule has 14 N–H and O–H groups in total. The second-order valence-electron chi connectivity index (χ2n) is 22.5. The maximum Gasteiger partial charge on any atom is 0.364 e. The largest absolute Gasteiger partial charge is 0.477 e. The Labute approximate surface area is 564 Å². The lowest BCUT2D eigenvalue weighted by Crippen LogP contribution is -2.68. The lowest BCUT2D eigenvalue weighted by molar-refractivity contribution is -0.310. The topological polar surface area (TPSA) is 408 Å². The first-order valence-electron chi connectivity index (χ1n) is 30.5. The van der Waals surface area contributed by atoms with Crippen molar-refractivity contribution in [3.63, 3.8) is 0 Å². The molecule has 2 heterocycles. The van der Waals surface area contributed by atoms with Crippen LogP contribution in [0.4, 0.5) is 0 Å². The molecule has 0 unspecified atom stereocenters. The van der Waals surface area contributed by atoms with Crippen molar-refractivity contribution in [1.29, 1.82) is 0 Å². The van der Waals surface area contributed by atoms with Crippen LogP contribution in [0.3, 0.4) is 0 Å². The van der Waals surface area contributed by atoms with Crippen LogP contribution in [0.2, 0.25) is 0 Å². The summed E-state index contributed by atoms with van der Waals surface area (Å²) in [6.45, 7) is 1.36. The molecule has 0 bridgehead atoms. The summed E-state index contributed by atoms with van der Waals surface area (Å²) < 4.78 is 23.5. The number of aliphatic carboxylic acids is 2. The number of halogens is 1. The van der Waals surface area contributed by atoms with E-state index in [1.807, 2.05) is 60.7 Å². The van der Waals surface area contributed by atoms with Gasteiger partial charge in [-0.05, 0) is 105 Å². The van der Waals surface area contributed by atoms with E-state index in [1.165, 1.54) is 41.7 Å². The minimum atomic E-state index is -2.50. The number of carbonyl (C=O) groups is 8. The Bertz CT molecular complexity index is 3400. The first-order valence-corrected chi connectivity index (χ1v) is 33.6. The van der Waals surface area contributed by atoms with Crippen molar-refractivity contribution in [3.05, 3.63) is 154 Å². The quantitative estimate of drug-likeness (QED) is 0.0263. The lowest BCUT2D eigenvalue weighted by Gasteiger charge is -2.46. The zero-order valence-corrected chi connectivity index (χ0v) is 55.2. The number of hydrogen-bond acceptors (Lipinski definition) is 20. The second-order valence-corrected chi connectivity index (χ2v) is 25.8. The number of ether oxygens (including phenoxy) is 4. The van der Waals surface area contributed by atoms with Gasteiger partial charge in [-0.25, -0.2) is 9.59 Å². The molecule has 2 fully saturated rings. The number of rotatable bonds is 34. The van der Waals surface area contributed by atoms with Crippen molar-refractivity contribution in [3.8, 4) is 22.3 Å². The minimum absolute atomic E-state index is 0.190. The SMILES string of the molecule is CC(=O)N[C@H]1[C@H]([C@H](O)[C@H](O)CNC(=O)c2ccc(-c3ccccc3)cc2)O[C@@](OCCCSCCNC(=O)c2ccc(C(=O)NCCSCCCO[C@]3(C(=O)O)C[C@H](O)[C@@H](NC(C)=O)[C@H]([C@H](O)[C@H](O)CNC(=O)c4ccc(-c5ccccc5)cc4)O3)c(Br)c2)(C(=O)O)C[C@@H]1O. The smallest absolute Gasteiger partial charge is 0.364 e. The third-order valence-electron chi connectivity index (χ3n) is 15.5. The van der Waals surface area contributed by atoms with Gasteiger partial charge in [0.05, 0.1) is 55.3 Å². The summed E-state index contributed by atoms with van der Waals surface area (Å²) in [5.74, 6) is -9.77. The van der Waals surface area contributed by atoms with Gasteiger partial charge in [0.25, 0.3) is 35.2 Å². The second kappa shape index (κ2) is 36.1. The van der Waals surface area contributed by atoms with Crippen LogP contribution < -0.4 is 31.9 Å². The summed E-state index contributed by atoms with van der Waals surface area (Å²) in [6, 6.07) is 34.1. The summed E-state index contributed by atoms with van der Waals surface area (Å²) in [4.78, 5) is 102. The van der Waals surface area contributed by atoms with Crippen LogP contribution in [0, 0.1) is 0 Å². The number of carboxylic acids is 2. The maximum atomic E-state index is 13.1. The Balaban J connectivity index is 0.784. The minimum Gasteiger partial charge on any atom is -0.477 e. The van der Waals surface area contributed by atoms with Crippen LogP contribution >= 0.6 is 39.5 Å². The van der Waals surface area contributed by atoms with Gasteiger partial charge in [0.1, 0.15) is 24.4 Å². The van der Waals surface area contributed by atoms with E-state index in [4.69, 9.17) is 18.9 Å². The van der Waals surface area contributed by atoms with Crippen molar-refractivity contribution < 1.29 is 98.2 Å². The molecule has 7 rings (SSSR count). The molecule has 12 atom stereocenters. The predicted octanol–water partition coefficient (Wildman–Crippen LogP) is 2.70. The molecular weight excluding hydrogens is 1340 g/mol. The van der Waals surface area contributed by atoms with Gasteiger partial charge in [-0.1, -0.05) is 84.9 Å². The molecule has 5 aromatic carbocycles. The monoisotopic (exact) mass is 1420 g/mol. The fourth-order valence-corrected chi connectivity index (χ4v) is 12.7. The van der Waals surface area contributed by atoms with E-state index < -0.39 is 146 Å². The average molecular weight is 1420 g/mol. The summed E-state index contributed by atoms with van der Waals surface area (Å²) in [5.41, 5.74) is 4.68. The molecule has 5 aromatic rings. The van der Waals surface area contributed by atoms with Gasteiger partial charge in [0, 0.05) is 85.5 Å². The van der Waals surface area contributed by atoms with E-state index in [9.17, 15) is 79.2 Å². The number of benzene rings is 5. The molecule has 29 heteroatoms. The first kappa shape index (κ1) is 75.0. The van der Waals surface area contributed by atoms with Crippen LogP contribution in [0.25, 0.3) is 22.3 Å². The average Bonchev–Trinajstić information content (AvgIpc) is 0.779. The zero-order valence-electron chi connectivity index (χ0n) is 52.0. The number of nitrogens with one attached hydrogen (secondary N) is 6. The van der Waals surface area contributed by atoms with Gasteiger partial charge < -0.3 is 91.7 Å². The van der Waals surface area contributed by atoms with E-state index >= 15 is 0 Å². The van der Waals surface area contributed by atoms with E-state index in [0.717, 1.165) is 36.1 Å². The molecule has 2 saturated heterocycles. The molecule has 6 amide bonds. The molecule has 2 aliphatic heterocycles. The van der Waals surface area contributed by atoms with Gasteiger partial charge in [0.2, 0.25) is 11.8 Å². The highest BCUT2D eigenvalue weighted by atomic mass is 79.9. The summed E-state index contributed by atoms with van der Waals surface area (Å²) in [5, 5.41) is 103. The summed E-state index contributed by atoms with van der Waals surface area (Å²) in [6.07, 6.45) is -14.8. The van der Waals surface area contributed by atoms with Crippen molar-refractivity contribution >= 4 is 86.8 Å². The number of amides is 6. The number of carboxylic acid groups (broad SMARTS) is 2. The Morgan fingerprint density at radius 2 is 0.884 bits per heavy atom. The molecule has 95 heavy (non-hydrogen) atoms. The van der Waals surface area contributed by atoms with Gasteiger partial charge >= 0.3 is 11.9 Å². The Kier molecular flexibility index (Phi) is 28.5. The molecule has 0 spiro atoms. The number of hydrogen-bond donors (Lipinski definition) is 14. The number of carbonyl (C=O) groups excluding carboxylic acids is 6. The number of aliphatic hydroxyl groups excluding tert-OH is 6. The lowest BCUT2D eigenvalue weighted by atomic mass is 9.88. The van der Waals surface area contributed by atoms with Gasteiger partial charge in [0.15, 0.2) is 0 Å². The molecule has 26 nitrogen and oxygen atoms in total. The normalized spacial score (nSPS) is 22.2. The maximum absolute atomic E-state index is 13.1. The Morgan fingerprint density at radius 3 is 1.26 bits per heavy atom. The van der Waals surface area contributed by atoms with Crippen LogP contribution in [-0.4, -0.2) is 223 Å². The van der Waals surface area contributed by atoms with Crippen molar-refractivity contribution in [2.75, 3.05) is 62.4 Å². The third kappa shape index (κ3) is 21.1. The van der Waals surface area contributed by atoms with E-state index in [0.29, 0.717) is 27.5 Å². The van der Waals surface area contributed by atoms with Crippen molar-refractivity contribution in [1.82, 2.24) is 31.9 Å². The van der Waals surface area contributed by atoms with Crippen LogP contribution in [-0.2, 0) is 38.1 Å². The van der Waals surface area contributed by atoms with Crippen LogP contribution in [0.5, 0.6) is 0 Å². The van der Waals surface area contributed by atoms with Crippen molar-refractivity contribution in [2.45, 2.75) is 112 Å². The predicted molar refractivity (Wildman–Crippen MR) is 354 cm³/mol. The van der Waals surface area contributed by atoms with E-state index in [2.05, 4.69) is 47.8 Å². The number of aliphatic hydroxyl groups is 6. The van der Waals surface area contributed by atoms with Gasteiger partial charge in [-0.15, -0.1) is 0 Å². The van der Waals surface area contributed by atoms with Crippen LogP contribution in [0.15, 0.2) is 132 Å². The molecule has 0 saturated carbocycles. The third-order valence-corrected chi connectivity index (χ3v) is 18.3. The Hall–Kier alpha value is -7.36. The zero-order chi connectivity index (χ0) is 68.8. The standard InChI is InChI=1S/C66H79BrN6O20S2/c1-38(74)72-53-49(76)34-65(63(86)87,92-57(53)55(80)51(78)36-70-59(82)44-19-15-42(16-20-44)40-11-5-3-6-12-40)90-27-9-29-94-31-25-68-61(84)46-23-24-47(48(67)33-46)62(85)69-26-32-95-30-10-28-91-66(64(88)89)35-50(77)54(73-39(2)75)58(93-66)56(81)52(79)37-71-60(83)45-21-17-43(18-22-45)41-13-7-4-8-14-41/h3-8,11-24,33,49-58,76-81H,9-10,25-32,34-37H2,1-2H3,(H,68,84)(H,69,85)(H,70,82)(H,71,83)(H,72,74)(H,73,75)(H,86,87)(H,88,89)/t49-,50-,51+,52+,53+,54+,55+,56+,57+,58+,65+,66+/m0/s1. The Morgan fingerprint density at radius 1 is 0.516 bits per heavy atom. The summed E-state index contributed by atoms with van der Waals surface area (Å²) in [7, 11) is 0. The molecule has 2 aliphatic rings. The molecule has 0 aromatic heterocycles. The molecule has 0 aliphatic carbocycles. The van der Waals surface area contributed by atoms with Gasteiger partial charge in [-0.2, -0.15) is 23.5 Å². The fourth-order valence-electron chi connectivity index (χ4n) is 10.6. The van der Waals surface area contributed by atoms with Crippen molar-refractivity contribution in [2.24, 2.45) is 0 Å². The fraction of sp³-hybridized carbons (Fsp3) is 0.424. The molecule has 512 valence electrons. The highest BCUT2D eigenvalue weighted by Gasteiger charge is 2.57. The van der Waals surface area contributed by atoms with E-state index in [1.54, 1.807) is 48.5 Å². The van der Waals surface area contributed by atoms with Gasteiger partial charge in [-0.3, -0.25) is 28.8 Å². The van der Waals surface area contributed by atoms with E-state index in [-0.39, 0.29) is 61.4 Å². The summed E-state index contributed by atoms with van der Waals surface area (Å²) >= 11 is 6.21. The number of thioether (sulfide) groups is 2. The first-order chi connectivity index (χ1) is 45.4. The van der Waals surface area contributed by atoms with Crippen LogP contribution in [0.1, 0.15) is 81.0 Å².